The second-order valence-electron chi connectivity index (χ2n) is 5.37. The Bertz CT molecular complexity index is 763. The zero-order valence-electron chi connectivity index (χ0n) is 13.5. The van der Waals surface area contributed by atoms with Gasteiger partial charge in [0.1, 0.15) is 6.04 Å². The maximum absolute atomic E-state index is 12.5. The second kappa shape index (κ2) is 9.25. The lowest BCUT2D eigenvalue weighted by molar-refractivity contribution is -0.122. The van der Waals surface area contributed by atoms with Gasteiger partial charge in [-0.15, -0.1) is 6.58 Å². The summed E-state index contributed by atoms with van der Waals surface area (Å²) in [6.45, 7) is 3.89. The van der Waals surface area contributed by atoms with Gasteiger partial charge in [0.2, 0.25) is 5.91 Å². The van der Waals surface area contributed by atoms with E-state index in [4.69, 9.17) is 23.2 Å². The number of hydrogen-bond donors (Lipinski definition) is 2. The first-order valence-electron chi connectivity index (χ1n) is 7.69. The van der Waals surface area contributed by atoms with Crippen molar-refractivity contribution in [2.45, 2.75) is 12.5 Å². The van der Waals surface area contributed by atoms with Gasteiger partial charge in [-0.2, -0.15) is 0 Å². The summed E-state index contributed by atoms with van der Waals surface area (Å²) in [4.78, 5) is 24.9. The van der Waals surface area contributed by atoms with Crippen LogP contribution in [-0.4, -0.2) is 24.4 Å². The molecule has 0 aliphatic heterocycles. The Hall–Kier alpha value is -2.30. The number of rotatable bonds is 7. The molecule has 2 aromatic rings. The van der Waals surface area contributed by atoms with Crippen molar-refractivity contribution in [2.24, 2.45) is 0 Å². The number of carbonyl (C=O) groups excluding carboxylic acids is 2. The third-order valence-electron chi connectivity index (χ3n) is 3.50. The van der Waals surface area contributed by atoms with E-state index in [9.17, 15) is 9.59 Å². The van der Waals surface area contributed by atoms with Crippen molar-refractivity contribution in [3.63, 3.8) is 0 Å². The monoisotopic (exact) mass is 376 g/mol. The fourth-order valence-electron chi connectivity index (χ4n) is 2.26. The van der Waals surface area contributed by atoms with E-state index in [2.05, 4.69) is 17.2 Å². The standard InChI is InChI=1S/C19H18Cl2N2O2/c1-2-10-22-19(25)17(11-13-6-4-3-5-7-13)23-18(24)15-9-8-14(20)12-16(15)21/h2-9,12,17H,1,10-11H2,(H,22,25)(H,23,24)/t17-/m0/s1. The molecule has 2 rings (SSSR count). The highest BCUT2D eigenvalue weighted by Crippen LogP contribution is 2.21. The highest BCUT2D eigenvalue weighted by Gasteiger charge is 2.22. The molecule has 130 valence electrons. The summed E-state index contributed by atoms with van der Waals surface area (Å²) >= 11 is 11.9. The normalized spacial score (nSPS) is 11.4. The average Bonchev–Trinajstić information content (AvgIpc) is 2.59. The zero-order valence-corrected chi connectivity index (χ0v) is 15.0. The van der Waals surface area contributed by atoms with E-state index in [0.717, 1.165) is 5.56 Å². The van der Waals surface area contributed by atoms with Crippen molar-refractivity contribution in [3.8, 4) is 0 Å². The predicted octanol–water partition coefficient (Wildman–Crippen LogP) is 3.64. The molecule has 0 saturated carbocycles. The molecule has 4 nitrogen and oxygen atoms in total. The van der Waals surface area contributed by atoms with Gasteiger partial charge in [0.15, 0.2) is 0 Å². The summed E-state index contributed by atoms with van der Waals surface area (Å²) < 4.78 is 0. The van der Waals surface area contributed by atoms with Crippen LogP contribution in [0.4, 0.5) is 0 Å². The lowest BCUT2D eigenvalue weighted by atomic mass is 10.0. The van der Waals surface area contributed by atoms with Crippen LogP contribution < -0.4 is 10.6 Å². The van der Waals surface area contributed by atoms with Crippen molar-refractivity contribution >= 4 is 35.0 Å². The van der Waals surface area contributed by atoms with Crippen LogP contribution in [0.5, 0.6) is 0 Å². The van der Waals surface area contributed by atoms with Gasteiger partial charge in [0, 0.05) is 18.0 Å². The minimum absolute atomic E-state index is 0.231. The fraction of sp³-hybridized carbons (Fsp3) is 0.158. The molecule has 0 aliphatic rings. The molecular weight excluding hydrogens is 359 g/mol. The minimum Gasteiger partial charge on any atom is -0.351 e. The molecule has 0 heterocycles. The summed E-state index contributed by atoms with van der Waals surface area (Å²) in [5.41, 5.74) is 1.20. The molecule has 0 bridgehead atoms. The third-order valence-corrected chi connectivity index (χ3v) is 4.05. The van der Waals surface area contributed by atoms with E-state index in [1.807, 2.05) is 30.3 Å². The van der Waals surface area contributed by atoms with E-state index >= 15 is 0 Å². The number of carbonyl (C=O) groups is 2. The topological polar surface area (TPSA) is 58.2 Å². The third kappa shape index (κ3) is 5.62. The summed E-state index contributed by atoms with van der Waals surface area (Å²) in [6.07, 6.45) is 1.94. The number of hydrogen-bond acceptors (Lipinski definition) is 2. The first-order chi connectivity index (χ1) is 12.0. The van der Waals surface area contributed by atoms with E-state index < -0.39 is 11.9 Å². The summed E-state index contributed by atoms with van der Waals surface area (Å²) in [5.74, 6) is -0.724. The van der Waals surface area contributed by atoms with Gasteiger partial charge in [0.05, 0.1) is 10.6 Å². The molecule has 0 aromatic heterocycles. The van der Waals surface area contributed by atoms with Crippen molar-refractivity contribution in [3.05, 3.63) is 82.4 Å². The van der Waals surface area contributed by atoms with Crippen molar-refractivity contribution in [1.29, 1.82) is 0 Å². The van der Waals surface area contributed by atoms with Gasteiger partial charge in [-0.05, 0) is 23.8 Å². The van der Waals surface area contributed by atoms with Crippen LogP contribution in [0.3, 0.4) is 0 Å². The highest BCUT2D eigenvalue weighted by atomic mass is 35.5. The van der Waals surface area contributed by atoms with Gasteiger partial charge < -0.3 is 10.6 Å². The zero-order chi connectivity index (χ0) is 18.2. The molecule has 0 spiro atoms. The molecule has 25 heavy (non-hydrogen) atoms. The Morgan fingerprint density at radius 3 is 2.48 bits per heavy atom. The van der Waals surface area contributed by atoms with Gasteiger partial charge in [-0.25, -0.2) is 0 Å². The Morgan fingerprint density at radius 2 is 1.84 bits per heavy atom. The SMILES string of the molecule is C=CCNC(=O)[C@H](Cc1ccccc1)NC(=O)c1ccc(Cl)cc1Cl. The first kappa shape index (κ1) is 19.0. The van der Waals surface area contributed by atoms with Crippen LogP contribution in [0, 0.1) is 0 Å². The number of nitrogens with one attached hydrogen (secondary N) is 2. The maximum atomic E-state index is 12.5. The lowest BCUT2D eigenvalue weighted by Crippen LogP contribution is -2.48. The molecular formula is C19H18Cl2N2O2. The van der Waals surface area contributed by atoms with E-state index in [0.29, 0.717) is 18.0 Å². The van der Waals surface area contributed by atoms with Crippen molar-refractivity contribution < 1.29 is 9.59 Å². The van der Waals surface area contributed by atoms with Gasteiger partial charge in [-0.3, -0.25) is 9.59 Å². The average molecular weight is 377 g/mol. The van der Waals surface area contributed by atoms with Crippen molar-refractivity contribution in [1.82, 2.24) is 10.6 Å². The molecule has 2 aromatic carbocycles. The summed E-state index contributed by atoms with van der Waals surface area (Å²) in [5, 5.41) is 6.11. The van der Waals surface area contributed by atoms with E-state index in [1.54, 1.807) is 12.1 Å². The molecule has 2 N–H and O–H groups in total. The Morgan fingerprint density at radius 1 is 1.12 bits per heavy atom. The van der Waals surface area contributed by atoms with Crippen molar-refractivity contribution in [2.75, 3.05) is 6.54 Å². The van der Waals surface area contributed by atoms with Crippen LogP contribution in [0.1, 0.15) is 15.9 Å². The van der Waals surface area contributed by atoms with Crippen LogP contribution in [-0.2, 0) is 11.2 Å². The molecule has 2 amide bonds. The summed E-state index contributed by atoms with van der Waals surface area (Å²) in [6, 6.07) is 13.3. The second-order valence-corrected chi connectivity index (χ2v) is 6.22. The number of benzene rings is 2. The van der Waals surface area contributed by atoms with Crippen LogP contribution in [0.15, 0.2) is 61.2 Å². The quantitative estimate of drug-likeness (QED) is 0.724. The van der Waals surface area contributed by atoms with Gasteiger partial charge >= 0.3 is 0 Å². The smallest absolute Gasteiger partial charge is 0.253 e. The fourth-order valence-corrected chi connectivity index (χ4v) is 2.76. The van der Waals surface area contributed by atoms with E-state index in [1.165, 1.54) is 12.1 Å². The van der Waals surface area contributed by atoms with Crippen LogP contribution in [0.2, 0.25) is 10.0 Å². The Labute approximate surface area is 156 Å². The van der Waals surface area contributed by atoms with Gasteiger partial charge in [-0.1, -0.05) is 59.6 Å². The molecule has 0 saturated heterocycles. The van der Waals surface area contributed by atoms with E-state index in [-0.39, 0.29) is 16.5 Å². The Balaban J connectivity index is 2.17. The minimum atomic E-state index is -0.735. The Kier molecular flexibility index (Phi) is 7.04. The number of halogens is 2. The maximum Gasteiger partial charge on any atom is 0.253 e. The molecule has 0 aliphatic carbocycles. The summed E-state index contributed by atoms with van der Waals surface area (Å²) in [7, 11) is 0. The number of amides is 2. The molecule has 6 heteroatoms. The molecule has 1 atom stereocenters. The highest BCUT2D eigenvalue weighted by molar-refractivity contribution is 6.36. The largest absolute Gasteiger partial charge is 0.351 e. The first-order valence-corrected chi connectivity index (χ1v) is 8.45. The predicted molar refractivity (Wildman–Crippen MR) is 101 cm³/mol. The molecule has 0 unspecified atom stereocenters. The molecule has 0 fully saturated rings. The van der Waals surface area contributed by atoms with Crippen LogP contribution in [0.25, 0.3) is 0 Å². The van der Waals surface area contributed by atoms with Gasteiger partial charge in [0.25, 0.3) is 5.91 Å². The molecule has 0 radical (unpaired) electrons. The van der Waals surface area contributed by atoms with Crippen LogP contribution >= 0.6 is 23.2 Å². The lowest BCUT2D eigenvalue weighted by Gasteiger charge is -2.19.